The molecular weight excluding hydrogens is 236 g/mol. The van der Waals surface area contributed by atoms with Crippen LogP contribution in [-0.2, 0) is 13.0 Å². The van der Waals surface area contributed by atoms with Gasteiger partial charge < -0.3 is 15.5 Å². The van der Waals surface area contributed by atoms with Gasteiger partial charge in [0, 0.05) is 19.5 Å². The van der Waals surface area contributed by atoms with Crippen molar-refractivity contribution in [3.8, 4) is 0 Å². The zero-order valence-corrected chi connectivity index (χ0v) is 10.2. The van der Waals surface area contributed by atoms with Crippen LogP contribution in [0, 0.1) is 0 Å². The largest absolute Gasteiger partial charge is 0.469 e. The van der Waals surface area contributed by atoms with Crippen molar-refractivity contribution in [2.45, 2.75) is 13.0 Å². The van der Waals surface area contributed by atoms with Crippen LogP contribution in [0.5, 0.6) is 0 Å². The van der Waals surface area contributed by atoms with Gasteiger partial charge >= 0.3 is 0 Å². The first-order chi connectivity index (χ1) is 8.25. The Labute approximate surface area is 106 Å². The van der Waals surface area contributed by atoms with Crippen LogP contribution < -0.4 is 11.1 Å². The minimum absolute atomic E-state index is 0.601. The van der Waals surface area contributed by atoms with Gasteiger partial charge in [0.15, 0.2) is 0 Å². The van der Waals surface area contributed by atoms with Crippen molar-refractivity contribution in [2.75, 3.05) is 12.3 Å². The maximum Gasteiger partial charge on any atom is 0.105 e. The predicted octanol–water partition coefficient (Wildman–Crippen LogP) is 2.85. The SMILES string of the molecule is Nc1cc(CNCCc2ccco2)ccc1Cl. The second-order valence-electron chi connectivity index (χ2n) is 3.86. The second kappa shape index (κ2) is 5.75. The molecule has 0 unspecified atom stereocenters. The number of nitrogens with one attached hydrogen (secondary N) is 1. The van der Waals surface area contributed by atoms with Gasteiger partial charge in [-0.25, -0.2) is 0 Å². The standard InChI is InChI=1S/C13H15ClN2O/c14-12-4-3-10(8-13(12)15)9-16-6-5-11-2-1-7-17-11/h1-4,7-8,16H,5-6,9,15H2. The van der Waals surface area contributed by atoms with Gasteiger partial charge in [-0.15, -0.1) is 0 Å². The number of benzene rings is 1. The average Bonchev–Trinajstić information content (AvgIpc) is 2.82. The van der Waals surface area contributed by atoms with Crippen molar-refractivity contribution in [2.24, 2.45) is 0 Å². The molecule has 0 radical (unpaired) electrons. The van der Waals surface area contributed by atoms with Crippen molar-refractivity contribution in [3.63, 3.8) is 0 Å². The van der Waals surface area contributed by atoms with E-state index in [2.05, 4.69) is 5.32 Å². The molecule has 0 bridgehead atoms. The minimum Gasteiger partial charge on any atom is -0.469 e. The van der Waals surface area contributed by atoms with Crippen LogP contribution in [0.15, 0.2) is 41.0 Å². The van der Waals surface area contributed by atoms with Crippen LogP contribution in [0.1, 0.15) is 11.3 Å². The molecule has 3 N–H and O–H groups in total. The molecule has 0 aliphatic heterocycles. The predicted molar refractivity (Wildman–Crippen MR) is 70.0 cm³/mol. The van der Waals surface area contributed by atoms with E-state index in [4.69, 9.17) is 21.8 Å². The highest BCUT2D eigenvalue weighted by atomic mass is 35.5. The highest BCUT2D eigenvalue weighted by Gasteiger charge is 1.99. The second-order valence-corrected chi connectivity index (χ2v) is 4.27. The van der Waals surface area contributed by atoms with E-state index < -0.39 is 0 Å². The van der Waals surface area contributed by atoms with E-state index in [1.165, 1.54) is 0 Å². The fourth-order valence-electron chi connectivity index (χ4n) is 1.60. The Bertz CT molecular complexity index is 468. The molecule has 1 aromatic heterocycles. The molecule has 0 spiro atoms. The zero-order chi connectivity index (χ0) is 12.1. The summed E-state index contributed by atoms with van der Waals surface area (Å²) >= 11 is 5.85. The van der Waals surface area contributed by atoms with Crippen LogP contribution in [0.25, 0.3) is 0 Å². The Balaban J connectivity index is 1.76. The average molecular weight is 251 g/mol. The van der Waals surface area contributed by atoms with Crippen LogP contribution in [0.2, 0.25) is 5.02 Å². The van der Waals surface area contributed by atoms with Crippen LogP contribution in [-0.4, -0.2) is 6.54 Å². The van der Waals surface area contributed by atoms with Crippen molar-refractivity contribution < 1.29 is 4.42 Å². The van der Waals surface area contributed by atoms with E-state index in [1.807, 2.05) is 30.3 Å². The highest BCUT2D eigenvalue weighted by Crippen LogP contribution is 2.19. The quantitative estimate of drug-likeness (QED) is 0.634. The molecule has 3 nitrogen and oxygen atoms in total. The number of anilines is 1. The van der Waals surface area contributed by atoms with Gasteiger partial charge in [0.2, 0.25) is 0 Å². The fraction of sp³-hybridized carbons (Fsp3) is 0.231. The van der Waals surface area contributed by atoms with Crippen molar-refractivity contribution in [1.29, 1.82) is 0 Å². The van der Waals surface area contributed by atoms with E-state index in [-0.39, 0.29) is 0 Å². The van der Waals surface area contributed by atoms with Gasteiger partial charge in [0.1, 0.15) is 5.76 Å². The maximum absolute atomic E-state index is 5.85. The van der Waals surface area contributed by atoms with Crippen molar-refractivity contribution >= 4 is 17.3 Å². The summed E-state index contributed by atoms with van der Waals surface area (Å²) in [6.07, 6.45) is 2.57. The first kappa shape index (κ1) is 12.0. The van der Waals surface area contributed by atoms with Gasteiger partial charge in [-0.2, -0.15) is 0 Å². The zero-order valence-electron chi connectivity index (χ0n) is 9.45. The number of furan rings is 1. The molecule has 90 valence electrons. The monoisotopic (exact) mass is 250 g/mol. The molecule has 4 heteroatoms. The number of rotatable bonds is 5. The Hall–Kier alpha value is -1.45. The van der Waals surface area contributed by atoms with E-state index in [0.29, 0.717) is 10.7 Å². The van der Waals surface area contributed by atoms with Gasteiger partial charge in [0.25, 0.3) is 0 Å². The van der Waals surface area contributed by atoms with Gasteiger partial charge in [0.05, 0.1) is 17.0 Å². The third-order valence-electron chi connectivity index (χ3n) is 2.52. The molecule has 0 atom stereocenters. The van der Waals surface area contributed by atoms with Gasteiger partial charge in [-0.05, 0) is 29.8 Å². The Morgan fingerprint density at radius 3 is 2.88 bits per heavy atom. The highest BCUT2D eigenvalue weighted by molar-refractivity contribution is 6.33. The van der Waals surface area contributed by atoms with E-state index >= 15 is 0 Å². The summed E-state index contributed by atoms with van der Waals surface area (Å²) in [5.41, 5.74) is 7.48. The Kier molecular flexibility index (Phi) is 4.07. The molecule has 2 rings (SSSR count). The molecule has 1 aromatic carbocycles. The molecule has 0 aliphatic rings. The molecule has 1 heterocycles. The first-order valence-electron chi connectivity index (χ1n) is 5.53. The summed E-state index contributed by atoms with van der Waals surface area (Å²) in [5.74, 6) is 0.994. The normalized spacial score (nSPS) is 10.6. The van der Waals surface area contributed by atoms with Crippen molar-refractivity contribution in [3.05, 3.63) is 52.9 Å². The molecule has 0 fully saturated rings. The lowest BCUT2D eigenvalue weighted by Gasteiger charge is -2.05. The number of halogens is 1. The molecule has 0 saturated heterocycles. The van der Waals surface area contributed by atoms with Crippen LogP contribution in [0.4, 0.5) is 5.69 Å². The Morgan fingerprint density at radius 1 is 1.29 bits per heavy atom. The summed E-state index contributed by atoms with van der Waals surface area (Å²) in [7, 11) is 0. The van der Waals surface area contributed by atoms with Crippen LogP contribution >= 0.6 is 11.6 Å². The van der Waals surface area contributed by atoms with Gasteiger partial charge in [-0.1, -0.05) is 17.7 Å². The Morgan fingerprint density at radius 2 is 2.18 bits per heavy atom. The summed E-state index contributed by atoms with van der Waals surface area (Å²) in [6.45, 7) is 1.65. The molecule has 0 amide bonds. The van der Waals surface area contributed by atoms with E-state index in [9.17, 15) is 0 Å². The topological polar surface area (TPSA) is 51.2 Å². The first-order valence-corrected chi connectivity index (χ1v) is 5.90. The molecule has 0 saturated carbocycles. The van der Waals surface area contributed by atoms with Gasteiger partial charge in [-0.3, -0.25) is 0 Å². The fourth-order valence-corrected chi connectivity index (χ4v) is 1.72. The number of hydrogen-bond acceptors (Lipinski definition) is 3. The summed E-state index contributed by atoms with van der Waals surface area (Å²) < 4.78 is 5.24. The lowest BCUT2D eigenvalue weighted by molar-refractivity contribution is 0.499. The number of nitrogens with two attached hydrogens (primary N) is 1. The lowest BCUT2D eigenvalue weighted by atomic mass is 10.2. The number of hydrogen-bond donors (Lipinski definition) is 2. The summed E-state index contributed by atoms with van der Waals surface area (Å²) in [4.78, 5) is 0. The molecule has 0 aliphatic carbocycles. The summed E-state index contributed by atoms with van der Waals surface area (Å²) in [5, 5.41) is 3.93. The third-order valence-corrected chi connectivity index (χ3v) is 2.86. The minimum atomic E-state index is 0.601. The third kappa shape index (κ3) is 3.51. The van der Waals surface area contributed by atoms with E-state index in [1.54, 1.807) is 6.26 Å². The van der Waals surface area contributed by atoms with E-state index in [0.717, 1.165) is 30.8 Å². The van der Waals surface area contributed by atoms with Crippen LogP contribution in [0.3, 0.4) is 0 Å². The molecule has 17 heavy (non-hydrogen) atoms. The lowest BCUT2D eigenvalue weighted by Crippen LogP contribution is -2.16. The van der Waals surface area contributed by atoms with Crippen molar-refractivity contribution in [1.82, 2.24) is 5.32 Å². The maximum atomic E-state index is 5.85. The smallest absolute Gasteiger partial charge is 0.105 e. The number of nitrogen functional groups attached to an aromatic ring is 1. The molecule has 2 aromatic rings. The summed E-state index contributed by atoms with van der Waals surface area (Å²) in [6, 6.07) is 9.55. The molecular formula is C13H15ClN2O.